The maximum Gasteiger partial charge on any atom is 0.107 e. The van der Waals surface area contributed by atoms with Crippen LogP contribution < -0.4 is 0 Å². The minimum atomic E-state index is 0.158. The van der Waals surface area contributed by atoms with Gasteiger partial charge in [0.25, 0.3) is 0 Å². The van der Waals surface area contributed by atoms with Crippen LogP contribution in [0, 0.1) is 35.5 Å². The lowest BCUT2D eigenvalue weighted by molar-refractivity contribution is 0.413. The fourth-order valence-electron chi connectivity index (χ4n) is 0.826. The summed E-state index contributed by atoms with van der Waals surface area (Å²) in [6, 6.07) is 0. The second-order valence-corrected chi connectivity index (χ2v) is 2.55. The SMILES string of the molecule is C=CC1OC1/C=C/C#CC#CC#CC. The van der Waals surface area contributed by atoms with Crippen molar-refractivity contribution in [1.82, 2.24) is 0 Å². The summed E-state index contributed by atoms with van der Waals surface area (Å²) in [6.45, 7) is 5.36. The molecule has 1 saturated heterocycles. The van der Waals surface area contributed by atoms with Crippen LogP contribution >= 0.6 is 0 Å². The molecule has 68 valence electrons. The molecule has 0 aromatic heterocycles. The fraction of sp³-hybridized carbons (Fsp3) is 0.231. The molecule has 1 heteroatoms. The molecule has 0 aliphatic carbocycles. The summed E-state index contributed by atoms with van der Waals surface area (Å²) in [5, 5.41) is 0. The van der Waals surface area contributed by atoms with Gasteiger partial charge in [-0.1, -0.05) is 17.9 Å². The summed E-state index contributed by atoms with van der Waals surface area (Å²) in [7, 11) is 0. The van der Waals surface area contributed by atoms with Crippen LogP contribution in [0.25, 0.3) is 0 Å². The Balaban J connectivity index is 2.29. The molecule has 2 atom stereocenters. The van der Waals surface area contributed by atoms with Crippen LogP contribution in [0.4, 0.5) is 0 Å². The van der Waals surface area contributed by atoms with E-state index in [2.05, 4.69) is 42.1 Å². The second kappa shape index (κ2) is 5.71. The van der Waals surface area contributed by atoms with Crippen molar-refractivity contribution in [3.8, 4) is 35.5 Å². The molecule has 1 rings (SSSR count). The highest BCUT2D eigenvalue weighted by atomic mass is 16.6. The van der Waals surface area contributed by atoms with Crippen LogP contribution in [-0.2, 0) is 4.74 Å². The van der Waals surface area contributed by atoms with Crippen molar-refractivity contribution in [3.05, 3.63) is 24.8 Å². The predicted molar refractivity (Wildman–Crippen MR) is 57.0 cm³/mol. The quantitative estimate of drug-likeness (QED) is 0.358. The highest BCUT2D eigenvalue weighted by Crippen LogP contribution is 2.23. The highest BCUT2D eigenvalue weighted by molar-refractivity contribution is 5.37. The molecule has 0 bridgehead atoms. The van der Waals surface area contributed by atoms with Crippen LogP contribution in [0.15, 0.2) is 24.8 Å². The van der Waals surface area contributed by atoms with Gasteiger partial charge in [0.1, 0.15) is 12.2 Å². The standard InChI is InChI=1S/C13H10O/c1-3-5-6-7-8-9-10-11-13-12(4-2)14-13/h4,10-13H,2H2,1H3/b11-10+. The normalized spacial score (nSPS) is 22.1. The molecule has 0 amide bonds. The van der Waals surface area contributed by atoms with E-state index in [9.17, 15) is 0 Å². The van der Waals surface area contributed by atoms with Crippen LogP contribution in [0.3, 0.4) is 0 Å². The zero-order valence-electron chi connectivity index (χ0n) is 8.00. The number of hydrogen-bond donors (Lipinski definition) is 0. The minimum absolute atomic E-state index is 0.158. The molecule has 0 spiro atoms. The van der Waals surface area contributed by atoms with Crippen molar-refractivity contribution in [2.24, 2.45) is 0 Å². The minimum Gasteiger partial charge on any atom is -0.361 e. The summed E-state index contributed by atoms with van der Waals surface area (Å²) in [4.78, 5) is 0. The Morgan fingerprint density at radius 3 is 2.57 bits per heavy atom. The van der Waals surface area contributed by atoms with E-state index in [0.717, 1.165) is 0 Å². The zero-order valence-corrected chi connectivity index (χ0v) is 8.00. The van der Waals surface area contributed by atoms with Gasteiger partial charge in [0.15, 0.2) is 0 Å². The first kappa shape index (κ1) is 10.2. The third-order valence-electron chi connectivity index (χ3n) is 1.55. The van der Waals surface area contributed by atoms with Gasteiger partial charge in [-0.2, -0.15) is 0 Å². The molecule has 1 fully saturated rings. The molecule has 1 heterocycles. The number of rotatable bonds is 2. The third kappa shape index (κ3) is 3.68. The number of epoxide rings is 1. The molecule has 2 unspecified atom stereocenters. The van der Waals surface area contributed by atoms with E-state index in [1.54, 1.807) is 19.1 Å². The van der Waals surface area contributed by atoms with Crippen molar-refractivity contribution in [3.63, 3.8) is 0 Å². The molecule has 1 aliphatic rings. The average molecular weight is 182 g/mol. The van der Waals surface area contributed by atoms with E-state index in [1.807, 2.05) is 6.08 Å². The Kier molecular flexibility index (Phi) is 4.16. The highest BCUT2D eigenvalue weighted by Gasteiger charge is 2.32. The maximum atomic E-state index is 5.18. The Hall–Kier alpha value is -1.88. The lowest BCUT2D eigenvalue weighted by atomic mass is 10.3. The maximum absolute atomic E-state index is 5.18. The predicted octanol–water partition coefficient (Wildman–Crippen LogP) is 1.53. The van der Waals surface area contributed by atoms with Crippen molar-refractivity contribution in [2.75, 3.05) is 0 Å². The van der Waals surface area contributed by atoms with Gasteiger partial charge in [-0.25, -0.2) is 0 Å². The topological polar surface area (TPSA) is 12.5 Å². The second-order valence-electron chi connectivity index (χ2n) is 2.55. The Morgan fingerprint density at radius 2 is 1.93 bits per heavy atom. The van der Waals surface area contributed by atoms with Gasteiger partial charge in [-0.05, 0) is 42.8 Å². The van der Waals surface area contributed by atoms with E-state index in [4.69, 9.17) is 4.74 Å². The van der Waals surface area contributed by atoms with E-state index < -0.39 is 0 Å². The molecule has 0 saturated carbocycles. The van der Waals surface area contributed by atoms with Crippen LogP contribution in [0.1, 0.15) is 6.92 Å². The van der Waals surface area contributed by atoms with Gasteiger partial charge >= 0.3 is 0 Å². The summed E-state index contributed by atoms with van der Waals surface area (Å²) in [5.74, 6) is 15.9. The van der Waals surface area contributed by atoms with Crippen molar-refractivity contribution >= 4 is 0 Å². The Morgan fingerprint density at radius 1 is 1.14 bits per heavy atom. The van der Waals surface area contributed by atoms with E-state index in [-0.39, 0.29) is 12.2 Å². The number of allylic oxidation sites excluding steroid dienone is 1. The molecule has 1 nitrogen and oxygen atoms in total. The Labute approximate surface area is 84.8 Å². The molecular formula is C13H10O. The summed E-state index contributed by atoms with van der Waals surface area (Å²) in [5.41, 5.74) is 0. The van der Waals surface area contributed by atoms with Crippen LogP contribution in [-0.4, -0.2) is 12.2 Å². The van der Waals surface area contributed by atoms with E-state index in [0.29, 0.717) is 0 Å². The summed E-state index contributed by atoms with van der Waals surface area (Å²) >= 11 is 0. The van der Waals surface area contributed by atoms with Gasteiger partial charge in [-0.3, -0.25) is 0 Å². The van der Waals surface area contributed by atoms with Gasteiger partial charge in [0.05, 0.1) is 0 Å². The van der Waals surface area contributed by atoms with Crippen LogP contribution in [0.5, 0.6) is 0 Å². The molecule has 0 N–H and O–H groups in total. The first-order chi connectivity index (χ1) is 6.88. The smallest absolute Gasteiger partial charge is 0.107 e. The average Bonchev–Trinajstić information content (AvgIpc) is 2.95. The number of hydrogen-bond acceptors (Lipinski definition) is 1. The molecule has 1 aliphatic heterocycles. The zero-order chi connectivity index (χ0) is 10.2. The lowest BCUT2D eigenvalue weighted by Crippen LogP contribution is -1.81. The van der Waals surface area contributed by atoms with Gasteiger partial charge in [-0.15, -0.1) is 6.58 Å². The third-order valence-corrected chi connectivity index (χ3v) is 1.55. The van der Waals surface area contributed by atoms with Crippen molar-refractivity contribution in [2.45, 2.75) is 19.1 Å². The van der Waals surface area contributed by atoms with Crippen molar-refractivity contribution in [1.29, 1.82) is 0 Å². The first-order valence-electron chi connectivity index (χ1n) is 4.25. The molecular weight excluding hydrogens is 172 g/mol. The fourth-order valence-corrected chi connectivity index (χ4v) is 0.826. The van der Waals surface area contributed by atoms with E-state index in [1.165, 1.54) is 0 Å². The molecule has 0 aromatic carbocycles. The van der Waals surface area contributed by atoms with Crippen molar-refractivity contribution < 1.29 is 4.74 Å². The lowest BCUT2D eigenvalue weighted by Gasteiger charge is -1.71. The van der Waals surface area contributed by atoms with Gasteiger partial charge < -0.3 is 4.74 Å². The number of ether oxygens (including phenoxy) is 1. The van der Waals surface area contributed by atoms with E-state index >= 15 is 0 Å². The monoisotopic (exact) mass is 182 g/mol. The first-order valence-corrected chi connectivity index (χ1v) is 4.25. The van der Waals surface area contributed by atoms with Gasteiger partial charge in [0, 0.05) is 0 Å². The molecule has 14 heavy (non-hydrogen) atoms. The van der Waals surface area contributed by atoms with Gasteiger partial charge in [0.2, 0.25) is 0 Å². The largest absolute Gasteiger partial charge is 0.361 e. The Bertz CT molecular complexity index is 409. The summed E-state index contributed by atoms with van der Waals surface area (Å²) < 4.78 is 5.18. The molecule has 0 aromatic rings. The molecule has 0 radical (unpaired) electrons. The van der Waals surface area contributed by atoms with Crippen LogP contribution in [0.2, 0.25) is 0 Å². The summed E-state index contributed by atoms with van der Waals surface area (Å²) in [6.07, 6.45) is 5.74.